The standard InChI is InChI=1S/C16H16F3NO4.Na/c17-16(18,19)10-4-2-1-3-8(10)9-7-11(9)20-14(21)12-5-6-13(24-12)15(22)23;/h1-4,9,11-13H,5-7H2,(H,20,21)(H,22,23);/q;+1/p-1. The van der Waals surface area contributed by atoms with Crippen LogP contribution in [0.25, 0.3) is 0 Å². The summed E-state index contributed by atoms with van der Waals surface area (Å²) in [6.45, 7) is 0. The van der Waals surface area contributed by atoms with Crippen LogP contribution in [0.4, 0.5) is 13.2 Å². The summed E-state index contributed by atoms with van der Waals surface area (Å²) in [5.41, 5.74) is -0.531. The number of halogens is 3. The summed E-state index contributed by atoms with van der Waals surface area (Å²) in [5, 5.41) is 13.3. The molecule has 1 heterocycles. The van der Waals surface area contributed by atoms with Gasteiger partial charge in [-0.05, 0) is 30.9 Å². The molecule has 1 saturated heterocycles. The van der Waals surface area contributed by atoms with Gasteiger partial charge >= 0.3 is 35.7 Å². The predicted octanol–water partition coefficient (Wildman–Crippen LogP) is -2.02. The summed E-state index contributed by atoms with van der Waals surface area (Å²) in [5.74, 6) is -2.26. The maximum Gasteiger partial charge on any atom is 1.00 e. The molecule has 9 heteroatoms. The molecule has 1 amide bonds. The van der Waals surface area contributed by atoms with E-state index in [9.17, 15) is 27.9 Å². The van der Waals surface area contributed by atoms with E-state index in [2.05, 4.69) is 5.32 Å². The second-order valence-corrected chi connectivity index (χ2v) is 6.05. The van der Waals surface area contributed by atoms with Crippen LogP contribution < -0.4 is 40.0 Å². The molecule has 3 rings (SSSR count). The van der Waals surface area contributed by atoms with Gasteiger partial charge < -0.3 is 20.0 Å². The minimum absolute atomic E-state index is 0. The third-order valence-corrected chi connectivity index (χ3v) is 4.36. The Morgan fingerprint density at radius 3 is 2.40 bits per heavy atom. The van der Waals surface area contributed by atoms with Gasteiger partial charge in [0.1, 0.15) is 6.10 Å². The molecule has 1 saturated carbocycles. The van der Waals surface area contributed by atoms with Crippen molar-refractivity contribution >= 4 is 11.9 Å². The Morgan fingerprint density at radius 2 is 1.80 bits per heavy atom. The van der Waals surface area contributed by atoms with E-state index < -0.39 is 47.8 Å². The topological polar surface area (TPSA) is 78.5 Å². The summed E-state index contributed by atoms with van der Waals surface area (Å²) in [6.07, 6.45) is -5.60. The molecule has 5 nitrogen and oxygen atoms in total. The third kappa shape index (κ3) is 4.55. The van der Waals surface area contributed by atoms with Gasteiger partial charge in [0.2, 0.25) is 5.91 Å². The predicted molar refractivity (Wildman–Crippen MR) is 73.6 cm³/mol. The fourth-order valence-electron chi connectivity index (χ4n) is 3.06. The monoisotopic (exact) mass is 365 g/mol. The van der Waals surface area contributed by atoms with Gasteiger partial charge in [-0.2, -0.15) is 13.2 Å². The maximum atomic E-state index is 13.0. The Labute approximate surface area is 164 Å². The van der Waals surface area contributed by atoms with Crippen LogP contribution in [0.2, 0.25) is 0 Å². The van der Waals surface area contributed by atoms with Crippen molar-refractivity contribution in [2.45, 2.75) is 49.6 Å². The van der Waals surface area contributed by atoms with Crippen molar-refractivity contribution in [3.05, 3.63) is 35.4 Å². The molecule has 1 aliphatic heterocycles. The SMILES string of the molecule is O=C([O-])C1CCC(C(=O)NC2CC2c2ccccc2C(F)(F)F)O1.[Na+]. The second kappa shape index (κ2) is 7.65. The fourth-order valence-corrected chi connectivity index (χ4v) is 3.06. The first-order valence-corrected chi connectivity index (χ1v) is 7.60. The molecule has 25 heavy (non-hydrogen) atoms. The number of ether oxygens (including phenoxy) is 1. The molecule has 2 aliphatic rings. The Morgan fingerprint density at radius 1 is 1.16 bits per heavy atom. The second-order valence-electron chi connectivity index (χ2n) is 6.05. The van der Waals surface area contributed by atoms with Gasteiger partial charge in [0.05, 0.1) is 17.6 Å². The van der Waals surface area contributed by atoms with E-state index in [-0.39, 0.29) is 48.0 Å². The zero-order valence-corrected chi connectivity index (χ0v) is 15.5. The van der Waals surface area contributed by atoms with E-state index in [1.165, 1.54) is 18.2 Å². The summed E-state index contributed by atoms with van der Waals surface area (Å²) < 4.78 is 44.1. The number of nitrogens with one attached hydrogen (secondary N) is 1. The molecule has 1 aromatic carbocycles. The Hall–Kier alpha value is -1.09. The first-order chi connectivity index (χ1) is 11.3. The Kier molecular flexibility index (Phi) is 6.19. The first-order valence-electron chi connectivity index (χ1n) is 7.60. The van der Waals surface area contributed by atoms with E-state index in [4.69, 9.17) is 4.74 Å². The average Bonchev–Trinajstić information content (AvgIpc) is 3.08. The quantitative estimate of drug-likeness (QED) is 0.625. The van der Waals surface area contributed by atoms with Crippen molar-refractivity contribution < 1.29 is 62.2 Å². The molecule has 0 bridgehead atoms. The fraction of sp³-hybridized carbons (Fsp3) is 0.500. The smallest absolute Gasteiger partial charge is 0.547 e. The molecule has 4 atom stereocenters. The number of amides is 1. The van der Waals surface area contributed by atoms with E-state index in [1.54, 1.807) is 0 Å². The number of hydrogen-bond donors (Lipinski definition) is 1. The molecule has 0 radical (unpaired) electrons. The zero-order chi connectivity index (χ0) is 17.5. The van der Waals surface area contributed by atoms with Crippen molar-refractivity contribution in [2.24, 2.45) is 0 Å². The Bertz CT molecular complexity index is 667. The number of aliphatic carboxylic acids is 1. The van der Waals surface area contributed by atoms with Gasteiger partial charge in [0.25, 0.3) is 0 Å². The molecule has 1 aromatic rings. The number of benzene rings is 1. The Balaban J connectivity index is 0.00000225. The van der Waals surface area contributed by atoms with Crippen molar-refractivity contribution in [1.82, 2.24) is 5.32 Å². The van der Waals surface area contributed by atoms with Crippen LogP contribution in [0.3, 0.4) is 0 Å². The number of carbonyl (C=O) groups excluding carboxylic acids is 2. The number of alkyl halides is 3. The molecule has 1 aliphatic carbocycles. The molecular formula is C16H15F3NNaO4. The number of carboxylic acids is 1. The van der Waals surface area contributed by atoms with Crippen LogP contribution in [-0.4, -0.2) is 30.1 Å². The molecule has 130 valence electrons. The summed E-state index contributed by atoms with van der Waals surface area (Å²) in [4.78, 5) is 22.7. The van der Waals surface area contributed by atoms with E-state index in [1.807, 2.05) is 0 Å². The van der Waals surface area contributed by atoms with Gasteiger partial charge in [0.15, 0.2) is 0 Å². The zero-order valence-electron chi connectivity index (χ0n) is 13.5. The van der Waals surface area contributed by atoms with E-state index >= 15 is 0 Å². The van der Waals surface area contributed by atoms with Crippen LogP contribution in [-0.2, 0) is 20.5 Å². The van der Waals surface area contributed by atoms with E-state index in [0.29, 0.717) is 6.42 Å². The average molecular weight is 365 g/mol. The third-order valence-electron chi connectivity index (χ3n) is 4.36. The maximum absolute atomic E-state index is 13.0. The number of carboxylic acid groups (broad SMARTS) is 1. The number of carbonyl (C=O) groups is 2. The summed E-state index contributed by atoms with van der Waals surface area (Å²) in [7, 11) is 0. The van der Waals surface area contributed by atoms with Crippen LogP contribution in [0.1, 0.15) is 36.3 Å². The van der Waals surface area contributed by atoms with Gasteiger partial charge in [-0.1, -0.05) is 18.2 Å². The normalized spacial score (nSPS) is 28.1. The van der Waals surface area contributed by atoms with Gasteiger partial charge in [-0.3, -0.25) is 4.79 Å². The van der Waals surface area contributed by atoms with Gasteiger partial charge in [-0.15, -0.1) is 0 Å². The molecular weight excluding hydrogens is 350 g/mol. The molecule has 0 spiro atoms. The van der Waals surface area contributed by atoms with Gasteiger partial charge in [-0.25, -0.2) is 0 Å². The van der Waals surface area contributed by atoms with Crippen molar-refractivity contribution in [2.75, 3.05) is 0 Å². The van der Waals surface area contributed by atoms with Crippen molar-refractivity contribution in [3.8, 4) is 0 Å². The number of hydrogen-bond acceptors (Lipinski definition) is 4. The summed E-state index contributed by atoms with van der Waals surface area (Å²) >= 11 is 0. The molecule has 4 unspecified atom stereocenters. The summed E-state index contributed by atoms with van der Waals surface area (Å²) in [6, 6.07) is 4.90. The van der Waals surface area contributed by atoms with Crippen molar-refractivity contribution in [1.29, 1.82) is 0 Å². The number of rotatable bonds is 4. The molecule has 2 fully saturated rings. The molecule has 0 aromatic heterocycles. The van der Waals surface area contributed by atoms with Crippen LogP contribution in [0, 0.1) is 0 Å². The van der Waals surface area contributed by atoms with Crippen LogP contribution >= 0.6 is 0 Å². The minimum Gasteiger partial charge on any atom is -0.547 e. The molecule has 1 N–H and O–H groups in total. The van der Waals surface area contributed by atoms with Gasteiger partial charge in [0, 0.05) is 12.0 Å². The van der Waals surface area contributed by atoms with Crippen molar-refractivity contribution in [3.63, 3.8) is 0 Å². The minimum atomic E-state index is -4.44. The van der Waals surface area contributed by atoms with E-state index in [0.717, 1.165) is 6.07 Å². The van der Waals surface area contributed by atoms with Crippen LogP contribution in [0.5, 0.6) is 0 Å². The first kappa shape index (κ1) is 20.2. The van der Waals surface area contributed by atoms with Crippen LogP contribution in [0.15, 0.2) is 24.3 Å². The largest absolute Gasteiger partial charge is 1.00 e.